The Balaban J connectivity index is 2.10. The molecule has 2 N–H and O–H groups in total. The molecule has 5 nitrogen and oxygen atoms in total. The zero-order valence-corrected chi connectivity index (χ0v) is 9.48. The average molecular weight is 274 g/mol. The molecule has 2 rings (SSSR count). The maximum atomic E-state index is 12.7. The van der Waals surface area contributed by atoms with Gasteiger partial charge in [-0.1, -0.05) is 12.1 Å². The number of alkyl halides is 3. The number of nitrogens with one attached hydrogen (secondary N) is 1. The van der Waals surface area contributed by atoms with Crippen molar-refractivity contribution < 1.29 is 24.4 Å². The highest BCUT2D eigenvalue weighted by molar-refractivity contribution is 5.94. The van der Waals surface area contributed by atoms with Crippen LogP contribution in [-0.2, 0) is 5.66 Å². The molecule has 1 atom stereocenters. The molecule has 0 fully saturated rings. The fraction of sp³-hybridized carbons (Fsp3) is 0.364. The smallest absolute Gasteiger partial charge is 0.395 e. The van der Waals surface area contributed by atoms with Gasteiger partial charge in [-0.25, -0.2) is 0 Å². The van der Waals surface area contributed by atoms with Crippen molar-refractivity contribution in [3.8, 4) is 0 Å². The number of carbonyl (C=O) groups excluding carboxylic acids is 1. The minimum atomic E-state index is -4.61. The highest BCUT2D eigenvalue weighted by atomic mass is 19.4. The largest absolute Gasteiger partial charge is 0.442 e. The van der Waals surface area contributed by atoms with Crippen molar-refractivity contribution in [2.45, 2.75) is 11.8 Å². The van der Waals surface area contributed by atoms with Gasteiger partial charge < -0.3 is 10.4 Å². The summed E-state index contributed by atoms with van der Waals surface area (Å²) >= 11 is 0. The molecule has 1 aromatic carbocycles. The predicted molar refractivity (Wildman–Crippen MR) is 58.5 cm³/mol. The number of nitrogens with zero attached hydrogens (tertiary/aromatic N) is 2. The maximum absolute atomic E-state index is 12.7. The van der Waals surface area contributed by atoms with E-state index in [2.05, 4.69) is 15.5 Å². The monoisotopic (exact) mass is 274 g/mol. The summed E-state index contributed by atoms with van der Waals surface area (Å²) in [7, 11) is 0. The quantitative estimate of drug-likeness (QED) is 0.875. The van der Waals surface area contributed by atoms with Crippen LogP contribution >= 0.6 is 0 Å². The van der Waals surface area contributed by atoms with E-state index >= 15 is 0 Å². The van der Waals surface area contributed by atoms with E-state index in [-0.39, 0.29) is 17.7 Å². The predicted octanol–water partition coefficient (Wildman–Crippen LogP) is 1.59. The van der Waals surface area contributed by atoms with Crippen LogP contribution in [0.5, 0.6) is 0 Å². The van der Waals surface area contributed by atoms with E-state index in [0.29, 0.717) is 0 Å². The molecule has 0 spiro atoms. The Morgan fingerprint density at radius 1 is 1.37 bits per heavy atom. The molecule has 8 heteroatoms. The Labute approximate surface area is 107 Å². The summed E-state index contributed by atoms with van der Waals surface area (Å²) < 4.78 is 45.0. The van der Waals surface area contributed by atoms with Crippen molar-refractivity contribution in [2.75, 3.05) is 13.1 Å². The van der Waals surface area contributed by atoms with Gasteiger partial charge >= 0.3 is 11.8 Å². The fourth-order valence-corrected chi connectivity index (χ4v) is 1.54. The Morgan fingerprint density at radius 3 is 2.37 bits per heavy atom. The van der Waals surface area contributed by atoms with Crippen LogP contribution in [0.4, 0.5) is 13.2 Å². The van der Waals surface area contributed by atoms with Crippen LogP contribution < -0.4 is 5.32 Å². The lowest BCUT2D eigenvalue weighted by Crippen LogP contribution is -2.30. The molecule has 1 aromatic rings. The first-order chi connectivity index (χ1) is 9.26. The third-order valence-corrected chi connectivity index (χ3v) is 2.60. The Hall–Kier alpha value is -1.96. The van der Waals surface area contributed by atoms with Crippen LogP contribution in [0, 0.1) is 0 Å². The first kappa shape index (κ1) is 12.1. The molecule has 0 aromatic heterocycles. The zero-order chi connectivity index (χ0) is 15.0. The normalized spacial score (nSPS) is 18.6. The molecule has 1 aliphatic heterocycles. The Kier molecular flexibility index (Phi) is 2.94. The Bertz CT molecular complexity index is 537. The number of aliphatic hydroxyl groups is 1. The molecular formula is C11H10F3N3O2. The third-order valence-electron chi connectivity index (χ3n) is 2.60. The van der Waals surface area contributed by atoms with E-state index in [1.54, 1.807) is 0 Å². The van der Waals surface area contributed by atoms with Crippen molar-refractivity contribution in [2.24, 2.45) is 10.2 Å². The summed E-state index contributed by atoms with van der Waals surface area (Å²) in [5.41, 5.74) is -2.55. The fourth-order valence-electron chi connectivity index (χ4n) is 1.54. The summed E-state index contributed by atoms with van der Waals surface area (Å²) in [6, 6.07) is 4.66. The van der Waals surface area contributed by atoms with Gasteiger partial charge in [0.2, 0.25) is 0 Å². The molecule has 1 amide bonds. The van der Waals surface area contributed by atoms with Gasteiger partial charge in [-0.15, -0.1) is 10.2 Å². The van der Waals surface area contributed by atoms with Crippen LogP contribution in [0.1, 0.15) is 17.3 Å². The van der Waals surface area contributed by atoms with Crippen molar-refractivity contribution in [3.05, 3.63) is 35.4 Å². The molecule has 1 heterocycles. The van der Waals surface area contributed by atoms with Crippen molar-refractivity contribution in [1.82, 2.24) is 5.32 Å². The lowest BCUT2D eigenvalue weighted by Gasteiger charge is -2.14. The van der Waals surface area contributed by atoms with E-state index in [1.807, 2.05) is 0 Å². The molecule has 0 aliphatic carbocycles. The van der Waals surface area contributed by atoms with E-state index in [9.17, 15) is 18.0 Å². The summed E-state index contributed by atoms with van der Waals surface area (Å²) in [6.07, 6.45) is -4.61. The number of benzene rings is 1. The molecule has 0 bridgehead atoms. The van der Waals surface area contributed by atoms with Crippen LogP contribution in [0.15, 0.2) is 34.5 Å². The molecule has 1 aliphatic rings. The van der Waals surface area contributed by atoms with Gasteiger partial charge in [-0.2, -0.15) is 13.2 Å². The lowest BCUT2D eigenvalue weighted by molar-refractivity contribution is -0.166. The molecule has 102 valence electrons. The highest BCUT2D eigenvalue weighted by Crippen LogP contribution is 2.52. The van der Waals surface area contributed by atoms with Crippen LogP contribution in [0.3, 0.4) is 0 Å². The average Bonchev–Trinajstić information content (AvgIpc) is 3.17. The topological polar surface area (TPSA) is 74.0 Å². The minimum Gasteiger partial charge on any atom is -0.395 e. The van der Waals surface area contributed by atoms with Crippen LogP contribution in [0.25, 0.3) is 0 Å². The van der Waals surface area contributed by atoms with Crippen molar-refractivity contribution >= 4 is 5.91 Å². The van der Waals surface area contributed by atoms with E-state index in [4.69, 9.17) is 6.48 Å². The molecule has 19 heavy (non-hydrogen) atoms. The molecule has 0 saturated carbocycles. The molecule has 0 radical (unpaired) electrons. The molecule has 0 saturated heterocycles. The number of rotatable bonds is 4. The number of carbonyl (C=O) groups is 1. The van der Waals surface area contributed by atoms with Gasteiger partial charge in [-0.05, 0) is 12.1 Å². The number of halogens is 3. The second-order valence-corrected chi connectivity index (χ2v) is 3.84. The van der Waals surface area contributed by atoms with Crippen molar-refractivity contribution in [1.29, 1.82) is 0 Å². The number of aliphatic hydroxyl groups excluding tert-OH is 1. The van der Waals surface area contributed by atoms with E-state index in [1.165, 1.54) is 12.1 Å². The number of amides is 1. The van der Waals surface area contributed by atoms with Gasteiger partial charge in [0.15, 0.2) is 0 Å². The standard InChI is InChI=1S/C11H10F3N3O2/c12-11(13,14)10(16-17-10)8-3-1-7(2-4-8)9(19)15-5-6-18/h1-4,18H,5-6H2,(H,15,19)/i6D. The van der Waals surface area contributed by atoms with Crippen LogP contribution in [-0.4, -0.2) is 30.3 Å². The van der Waals surface area contributed by atoms with E-state index < -0.39 is 24.3 Å². The number of hydrogen-bond acceptors (Lipinski definition) is 4. The SMILES string of the molecule is [2H]C(O)CNC(=O)c1ccc(C2(C(F)(F)F)N=N2)cc1. The second kappa shape index (κ2) is 4.61. The first-order valence-electron chi connectivity index (χ1n) is 5.84. The van der Waals surface area contributed by atoms with Gasteiger partial charge in [0.1, 0.15) is 0 Å². The van der Waals surface area contributed by atoms with Gasteiger partial charge in [-0.3, -0.25) is 4.79 Å². The van der Waals surface area contributed by atoms with Gasteiger partial charge in [0.25, 0.3) is 5.91 Å². The van der Waals surface area contributed by atoms with Gasteiger partial charge in [0.05, 0.1) is 7.95 Å². The van der Waals surface area contributed by atoms with Crippen molar-refractivity contribution in [3.63, 3.8) is 0 Å². The number of hydrogen-bond donors (Lipinski definition) is 2. The summed E-state index contributed by atoms with van der Waals surface area (Å²) in [6.45, 7) is -1.71. The minimum absolute atomic E-state index is 0.118. The van der Waals surface area contributed by atoms with Crippen LogP contribution in [0.2, 0.25) is 0 Å². The zero-order valence-electron chi connectivity index (χ0n) is 10.5. The highest BCUT2D eigenvalue weighted by Gasteiger charge is 2.65. The molecular weight excluding hydrogens is 263 g/mol. The van der Waals surface area contributed by atoms with Gasteiger partial charge in [0, 0.05) is 17.7 Å². The summed E-state index contributed by atoms with van der Waals surface area (Å²) in [5, 5.41) is 17.1. The van der Waals surface area contributed by atoms with E-state index in [0.717, 1.165) is 12.1 Å². The molecule has 1 unspecified atom stereocenters. The maximum Gasteiger partial charge on any atom is 0.442 e. The lowest BCUT2D eigenvalue weighted by atomic mass is 10.0. The first-order valence-corrected chi connectivity index (χ1v) is 5.26. The summed E-state index contributed by atoms with van der Waals surface area (Å²) in [5.74, 6) is -0.589. The summed E-state index contributed by atoms with van der Waals surface area (Å²) in [4.78, 5) is 11.5. The second-order valence-electron chi connectivity index (χ2n) is 3.84. The Morgan fingerprint density at radius 2 is 1.95 bits per heavy atom. The third kappa shape index (κ3) is 2.43.